The quantitative estimate of drug-likeness (QED) is 0.692. The van der Waals surface area contributed by atoms with Crippen LogP contribution in [0.15, 0.2) is 60.3 Å². The van der Waals surface area contributed by atoms with E-state index in [1.165, 1.54) is 12.1 Å². The lowest BCUT2D eigenvalue weighted by molar-refractivity contribution is 0.626. The summed E-state index contributed by atoms with van der Waals surface area (Å²) in [6, 6.07) is 18.6. The predicted octanol–water partition coefficient (Wildman–Crippen LogP) is 3.73. The Labute approximate surface area is 162 Å². The van der Waals surface area contributed by atoms with Gasteiger partial charge in [-0.15, -0.1) is 0 Å². The first-order valence-corrected chi connectivity index (χ1v) is 8.56. The number of hydrogen-bond acceptors (Lipinski definition) is 4. The first-order chi connectivity index (χ1) is 13.6. The zero-order chi connectivity index (χ0) is 20.1. The summed E-state index contributed by atoms with van der Waals surface area (Å²) in [5, 5.41) is 28.5. The highest BCUT2D eigenvalue weighted by molar-refractivity contribution is 5.90. The third-order valence-electron chi connectivity index (χ3n) is 4.52. The molecule has 0 fully saturated rings. The van der Waals surface area contributed by atoms with Crippen molar-refractivity contribution in [3.63, 3.8) is 0 Å². The Kier molecular flexibility index (Phi) is 5.51. The monoisotopic (exact) mass is 369 g/mol. The van der Waals surface area contributed by atoms with Crippen molar-refractivity contribution in [3.05, 3.63) is 77.2 Å². The second kappa shape index (κ2) is 8.18. The van der Waals surface area contributed by atoms with Crippen LogP contribution < -0.4 is 5.73 Å². The molecule has 0 aliphatic rings. The maximum Gasteiger partial charge on any atom is 0.153 e. The topological polar surface area (TPSA) is 102 Å². The van der Waals surface area contributed by atoms with Crippen molar-refractivity contribution in [1.82, 2.24) is 4.57 Å². The molecule has 0 radical (unpaired) electrons. The fraction of sp³-hybridized carbons (Fsp3) is 0.136. The van der Waals surface area contributed by atoms with E-state index in [9.17, 15) is 9.65 Å². The number of nitriles is 3. The summed E-state index contributed by atoms with van der Waals surface area (Å²) in [7, 11) is 0. The summed E-state index contributed by atoms with van der Waals surface area (Å²) in [5.41, 5.74) is 8.76. The molecule has 1 heterocycles. The van der Waals surface area contributed by atoms with Gasteiger partial charge in [-0.3, -0.25) is 0 Å². The lowest BCUT2D eigenvalue weighted by atomic mass is 9.95. The third kappa shape index (κ3) is 3.76. The molecule has 0 aliphatic carbocycles. The van der Waals surface area contributed by atoms with Gasteiger partial charge in [0.2, 0.25) is 0 Å². The Hall–Kier alpha value is -3.92. The second-order valence-corrected chi connectivity index (χ2v) is 6.33. The molecule has 0 spiro atoms. The fourth-order valence-corrected chi connectivity index (χ4v) is 3.05. The van der Waals surface area contributed by atoms with Gasteiger partial charge in [-0.05, 0) is 29.8 Å². The Morgan fingerprint density at radius 2 is 1.75 bits per heavy atom. The van der Waals surface area contributed by atoms with Gasteiger partial charge in [-0.1, -0.05) is 30.3 Å². The van der Waals surface area contributed by atoms with Gasteiger partial charge < -0.3 is 10.3 Å². The summed E-state index contributed by atoms with van der Waals surface area (Å²) in [4.78, 5) is 0. The van der Waals surface area contributed by atoms with Crippen LogP contribution in [0.25, 0.3) is 17.0 Å². The smallest absolute Gasteiger partial charge is 0.153 e. The van der Waals surface area contributed by atoms with Crippen molar-refractivity contribution < 1.29 is 4.39 Å². The molecule has 0 saturated carbocycles. The van der Waals surface area contributed by atoms with Gasteiger partial charge in [0.25, 0.3) is 0 Å². The van der Waals surface area contributed by atoms with Crippen molar-refractivity contribution in [2.24, 2.45) is 11.7 Å². The van der Waals surface area contributed by atoms with Crippen molar-refractivity contribution in [1.29, 1.82) is 15.8 Å². The molecule has 6 heteroatoms. The van der Waals surface area contributed by atoms with Crippen LogP contribution in [0.5, 0.6) is 0 Å². The van der Waals surface area contributed by atoms with E-state index in [1.54, 1.807) is 18.2 Å². The molecule has 1 aromatic heterocycles. The highest BCUT2D eigenvalue weighted by atomic mass is 19.1. The summed E-state index contributed by atoms with van der Waals surface area (Å²) in [5.74, 6) is -1.39. The van der Waals surface area contributed by atoms with Gasteiger partial charge in [0.15, 0.2) is 5.92 Å². The Balaban J connectivity index is 2.05. The minimum absolute atomic E-state index is 0.165. The van der Waals surface area contributed by atoms with Gasteiger partial charge in [-0.2, -0.15) is 15.8 Å². The molecule has 0 saturated heterocycles. The lowest BCUT2D eigenvalue weighted by Gasteiger charge is -2.09. The standard InChI is InChI=1S/C22H16FN5/c23-19-7-5-15(6-8-19)13-28-14-17(20-3-1-2-4-21(20)28)9-16(10-24)22(27)18(11-25)12-26/h1-9,14,18,22H,13,27H2/b16-9+. The largest absolute Gasteiger partial charge is 0.342 e. The number of para-hydroxylation sites is 1. The van der Waals surface area contributed by atoms with E-state index < -0.39 is 12.0 Å². The number of nitrogens with zero attached hydrogens (tertiary/aromatic N) is 4. The second-order valence-electron chi connectivity index (χ2n) is 6.33. The maximum atomic E-state index is 13.2. The molecule has 3 rings (SSSR count). The Morgan fingerprint density at radius 1 is 1.07 bits per heavy atom. The van der Waals surface area contributed by atoms with Crippen LogP contribution in [0.1, 0.15) is 11.1 Å². The molecular weight excluding hydrogens is 353 g/mol. The molecule has 1 unspecified atom stereocenters. The molecule has 0 amide bonds. The predicted molar refractivity (Wildman–Crippen MR) is 104 cm³/mol. The minimum Gasteiger partial charge on any atom is -0.342 e. The normalized spacial score (nSPS) is 12.4. The van der Waals surface area contributed by atoms with Gasteiger partial charge in [0.05, 0.1) is 24.2 Å². The SMILES string of the molecule is N#C/C(=C\c1cn(Cc2ccc(F)cc2)c2ccccc12)C(N)C(C#N)C#N. The number of rotatable bonds is 5. The van der Waals surface area contributed by atoms with E-state index in [0.717, 1.165) is 22.0 Å². The summed E-state index contributed by atoms with van der Waals surface area (Å²) in [6.45, 7) is 0.529. The van der Waals surface area contributed by atoms with E-state index in [0.29, 0.717) is 6.54 Å². The molecular formula is C22H16FN5. The fourth-order valence-electron chi connectivity index (χ4n) is 3.05. The summed E-state index contributed by atoms with van der Waals surface area (Å²) < 4.78 is 15.2. The lowest BCUT2D eigenvalue weighted by Crippen LogP contribution is -2.29. The highest BCUT2D eigenvalue weighted by Gasteiger charge is 2.21. The van der Waals surface area contributed by atoms with Crippen molar-refractivity contribution in [2.45, 2.75) is 12.6 Å². The zero-order valence-corrected chi connectivity index (χ0v) is 14.9. The maximum absolute atomic E-state index is 13.2. The molecule has 2 aromatic carbocycles. The van der Waals surface area contributed by atoms with E-state index in [1.807, 2.05) is 53.2 Å². The van der Waals surface area contributed by atoms with E-state index in [2.05, 4.69) is 0 Å². The summed E-state index contributed by atoms with van der Waals surface area (Å²) in [6.07, 6.45) is 3.50. The van der Waals surface area contributed by atoms with E-state index >= 15 is 0 Å². The van der Waals surface area contributed by atoms with E-state index in [4.69, 9.17) is 16.3 Å². The van der Waals surface area contributed by atoms with Crippen molar-refractivity contribution in [2.75, 3.05) is 0 Å². The molecule has 28 heavy (non-hydrogen) atoms. The number of aromatic nitrogens is 1. The zero-order valence-electron chi connectivity index (χ0n) is 14.9. The number of benzene rings is 2. The number of nitrogens with two attached hydrogens (primary N) is 1. The van der Waals surface area contributed by atoms with Crippen LogP contribution in [0.2, 0.25) is 0 Å². The van der Waals surface area contributed by atoms with Crippen LogP contribution in [0, 0.1) is 45.7 Å². The first kappa shape index (κ1) is 18.9. The number of hydrogen-bond donors (Lipinski definition) is 1. The third-order valence-corrected chi connectivity index (χ3v) is 4.52. The van der Waals surface area contributed by atoms with Crippen LogP contribution in [-0.4, -0.2) is 10.6 Å². The van der Waals surface area contributed by atoms with Crippen LogP contribution >= 0.6 is 0 Å². The Morgan fingerprint density at radius 3 is 2.39 bits per heavy atom. The van der Waals surface area contributed by atoms with Gasteiger partial charge in [0, 0.05) is 34.8 Å². The molecule has 2 N–H and O–H groups in total. The molecule has 1 atom stereocenters. The molecule has 0 bridgehead atoms. The van der Waals surface area contributed by atoms with Gasteiger partial charge in [0.1, 0.15) is 5.82 Å². The van der Waals surface area contributed by atoms with Gasteiger partial charge >= 0.3 is 0 Å². The highest BCUT2D eigenvalue weighted by Crippen LogP contribution is 2.25. The minimum atomic E-state index is -1.10. The molecule has 0 aliphatic heterocycles. The average molecular weight is 369 g/mol. The molecule has 5 nitrogen and oxygen atoms in total. The van der Waals surface area contributed by atoms with E-state index in [-0.39, 0.29) is 11.4 Å². The summed E-state index contributed by atoms with van der Waals surface area (Å²) >= 11 is 0. The average Bonchev–Trinajstić information content (AvgIpc) is 3.06. The van der Waals surface area contributed by atoms with Gasteiger partial charge in [-0.25, -0.2) is 4.39 Å². The van der Waals surface area contributed by atoms with Crippen LogP contribution in [-0.2, 0) is 6.54 Å². The first-order valence-electron chi connectivity index (χ1n) is 8.56. The van der Waals surface area contributed by atoms with Crippen LogP contribution in [0.3, 0.4) is 0 Å². The van der Waals surface area contributed by atoms with Crippen molar-refractivity contribution >= 4 is 17.0 Å². The number of fused-ring (bicyclic) bond motifs is 1. The Bertz CT molecular complexity index is 1140. The molecule has 3 aromatic rings. The molecule has 136 valence electrons. The van der Waals surface area contributed by atoms with Crippen molar-refractivity contribution in [3.8, 4) is 18.2 Å². The number of halogens is 1. The van der Waals surface area contributed by atoms with Crippen LogP contribution in [0.4, 0.5) is 4.39 Å².